The van der Waals surface area contributed by atoms with E-state index < -0.39 is 0 Å². The summed E-state index contributed by atoms with van der Waals surface area (Å²) in [6, 6.07) is 5.93. The highest BCUT2D eigenvalue weighted by molar-refractivity contribution is 6.31. The average Bonchev–Trinajstić information content (AvgIpc) is 2.42. The van der Waals surface area contributed by atoms with Crippen molar-refractivity contribution < 1.29 is 4.74 Å². The molecule has 0 aliphatic heterocycles. The minimum absolute atomic E-state index is 0.231. The molecule has 0 fully saturated rings. The SMILES string of the molecule is CCc1cc(OCCCCCCNC(C)(C)C)ccc1Cl. The summed E-state index contributed by atoms with van der Waals surface area (Å²) in [7, 11) is 0. The summed E-state index contributed by atoms with van der Waals surface area (Å²) in [5, 5.41) is 4.34. The molecule has 1 N–H and O–H groups in total. The molecule has 0 saturated carbocycles. The van der Waals surface area contributed by atoms with Gasteiger partial charge in [0.25, 0.3) is 0 Å². The fourth-order valence-electron chi connectivity index (χ4n) is 2.15. The van der Waals surface area contributed by atoms with E-state index in [2.05, 4.69) is 39.1 Å². The first-order chi connectivity index (χ1) is 9.92. The molecule has 3 heteroatoms. The van der Waals surface area contributed by atoms with E-state index in [9.17, 15) is 0 Å². The Hall–Kier alpha value is -0.730. The number of halogens is 1. The number of aryl methyl sites for hydroxylation is 1. The molecule has 0 amide bonds. The van der Waals surface area contributed by atoms with Crippen molar-refractivity contribution in [2.75, 3.05) is 13.2 Å². The van der Waals surface area contributed by atoms with Gasteiger partial charge in [-0.05, 0) is 70.3 Å². The number of nitrogens with one attached hydrogen (secondary N) is 1. The van der Waals surface area contributed by atoms with Gasteiger partial charge in [-0.15, -0.1) is 0 Å². The molecule has 1 aromatic carbocycles. The molecule has 0 aliphatic rings. The van der Waals surface area contributed by atoms with E-state index in [1.54, 1.807) is 0 Å². The van der Waals surface area contributed by atoms with Crippen LogP contribution in [0.4, 0.5) is 0 Å². The van der Waals surface area contributed by atoms with Crippen molar-refractivity contribution >= 4 is 11.6 Å². The monoisotopic (exact) mass is 311 g/mol. The van der Waals surface area contributed by atoms with Crippen LogP contribution in [0.3, 0.4) is 0 Å². The molecule has 1 rings (SSSR count). The van der Waals surface area contributed by atoms with E-state index in [1.807, 2.05) is 12.1 Å². The first-order valence-electron chi connectivity index (χ1n) is 8.08. The lowest BCUT2D eigenvalue weighted by atomic mass is 10.1. The third-order valence-electron chi connectivity index (χ3n) is 3.39. The zero-order valence-corrected chi connectivity index (χ0v) is 14.7. The number of hydrogen-bond donors (Lipinski definition) is 1. The maximum Gasteiger partial charge on any atom is 0.119 e. The van der Waals surface area contributed by atoms with Gasteiger partial charge in [0.1, 0.15) is 5.75 Å². The van der Waals surface area contributed by atoms with Gasteiger partial charge >= 0.3 is 0 Å². The van der Waals surface area contributed by atoms with E-state index in [0.717, 1.165) is 42.3 Å². The van der Waals surface area contributed by atoms with Gasteiger partial charge in [-0.1, -0.05) is 31.4 Å². The van der Waals surface area contributed by atoms with Gasteiger partial charge in [-0.2, -0.15) is 0 Å². The number of rotatable bonds is 9. The second-order valence-corrected chi connectivity index (χ2v) is 6.95. The van der Waals surface area contributed by atoms with Crippen LogP contribution < -0.4 is 10.1 Å². The number of ether oxygens (including phenoxy) is 1. The summed E-state index contributed by atoms with van der Waals surface area (Å²) in [5.74, 6) is 0.936. The topological polar surface area (TPSA) is 21.3 Å². The van der Waals surface area contributed by atoms with Gasteiger partial charge in [0, 0.05) is 10.6 Å². The van der Waals surface area contributed by atoms with Crippen LogP contribution in [0.2, 0.25) is 5.02 Å². The van der Waals surface area contributed by atoms with Crippen LogP contribution in [-0.2, 0) is 6.42 Å². The van der Waals surface area contributed by atoms with Crippen molar-refractivity contribution in [2.45, 2.75) is 65.3 Å². The van der Waals surface area contributed by atoms with E-state index in [4.69, 9.17) is 16.3 Å². The number of hydrogen-bond acceptors (Lipinski definition) is 2. The summed E-state index contributed by atoms with van der Waals surface area (Å²) in [5.41, 5.74) is 1.39. The standard InChI is InChI=1S/C18H30ClNO/c1-5-15-14-16(10-11-17(15)19)21-13-9-7-6-8-12-20-18(2,3)4/h10-11,14,20H,5-9,12-13H2,1-4H3. The van der Waals surface area contributed by atoms with E-state index >= 15 is 0 Å². The molecule has 0 aliphatic carbocycles. The van der Waals surface area contributed by atoms with Crippen molar-refractivity contribution in [3.8, 4) is 5.75 Å². The smallest absolute Gasteiger partial charge is 0.119 e. The molecular weight excluding hydrogens is 282 g/mol. The predicted molar refractivity (Wildman–Crippen MR) is 92.5 cm³/mol. The molecule has 0 unspecified atom stereocenters. The Balaban J connectivity index is 2.09. The van der Waals surface area contributed by atoms with Crippen LogP contribution in [0.5, 0.6) is 5.75 Å². The molecule has 0 spiro atoms. The Labute approximate surface area is 135 Å². The fourth-order valence-corrected chi connectivity index (χ4v) is 2.40. The molecule has 2 nitrogen and oxygen atoms in total. The summed E-state index contributed by atoms with van der Waals surface area (Å²) < 4.78 is 5.79. The normalized spacial score (nSPS) is 11.7. The van der Waals surface area contributed by atoms with Crippen LogP contribution in [0.25, 0.3) is 0 Å². The molecule has 0 saturated heterocycles. The minimum atomic E-state index is 0.231. The maximum absolute atomic E-state index is 6.10. The Kier molecular flexibility index (Phi) is 8.13. The highest BCUT2D eigenvalue weighted by Gasteiger charge is 2.06. The van der Waals surface area contributed by atoms with Crippen LogP contribution >= 0.6 is 11.6 Å². The highest BCUT2D eigenvalue weighted by atomic mass is 35.5. The highest BCUT2D eigenvalue weighted by Crippen LogP contribution is 2.22. The summed E-state index contributed by atoms with van der Waals surface area (Å²) >= 11 is 6.10. The molecule has 21 heavy (non-hydrogen) atoms. The zero-order chi connectivity index (χ0) is 15.7. The lowest BCUT2D eigenvalue weighted by molar-refractivity contribution is 0.303. The molecular formula is C18H30ClNO. The quantitative estimate of drug-likeness (QED) is 0.630. The van der Waals surface area contributed by atoms with Crippen LogP contribution in [-0.4, -0.2) is 18.7 Å². The van der Waals surface area contributed by atoms with Gasteiger partial charge in [-0.3, -0.25) is 0 Å². The van der Waals surface area contributed by atoms with Crippen LogP contribution in [0, 0.1) is 0 Å². The first-order valence-corrected chi connectivity index (χ1v) is 8.46. The molecule has 0 heterocycles. The van der Waals surface area contributed by atoms with Crippen LogP contribution in [0.1, 0.15) is 58.9 Å². The van der Waals surface area contributed by atoms with Gasteiger partial charge < -0.3 is 10.1 Å². The second-order valence-electron chi connectivity index (χ2n) is 6.55. The van der Waals surface area contributed by atoms with Gasteiger partial charge in [0.05, 0.1) is 6.61 Å². The first kappa shape index (κ1) is 18.3. The Bertz CT molecular complexity index is 412. The average molecular weight is 312 g/mol. The lowest BCUT2D eigenvalue weighted by Crippen LogP contribution is -2.36. The fraction of sp³-hybridized carbons (Fsp3) is 0.667. The van der Waals surface area contributed by atoms with E-state index in [0.29, 0.717) is 0 Å². The summed E-state index contributed by atoms with van der Waals surface area (Å²) in [6.07, 6.45) is 5.77. The minimum Gasteiger partial charge on any atom is -0.494 e. The Morgan fingerprint density at radius 1 is 1.10 bits per heavy atom. The zero-order valence-electron chi connectivity index (χ0n) is 14.0. The number of benzene rings is 1. The molecule has 0 radical (unpaired) electrons. The second kappa shape index (κ2) is 9.32. The lowest BCUT2D eigenvalue weighted by Gasteiger charge is -2.20. The van der Waals surface area contributed by atoms with Gasteiger partial charge in [0.2, 0.25) is 0 Å². The molecule has 0 bridgehead atoms. The van der Waals surface area contributed by atoms with Gasteiger partial charge in [0.15, 0.2) is 0 Å². The predicted octanol–water partition coefficient (Wildman–Crippen LogP) is 5.23. The number of unbranched alkanes of at least 4 members (excludes halogenated alkanes) is 3. The van der Waals surface area contributed by atoms with Crippen molar-refractivity contribution in [3.05, 3.63) is 28.8 Å². The largest absolute Gasteiger partial charge is 0.494 e. The molecule has 120 valence electrons. The van der Waals surface area contributed by atoms with Crippen molar-refractivity contribution in [2.24, 2.45) is 0 Å². The Morgan fingerprint density at radius 2 is 1.81 bits per heavy atom. The maximum atomic E-state index is 6.10. The summed E-state index contributed by atoms with van der Waals surface area (Å²) in [6.45, 7) is 10.6. The van der Waals surface area contributed by atoms with Gasteiger partial charge in [-0.25, -0.2) is 0 Å². The van der Waals surface area contributed by atoms with Crippen LogP contribution in [0.15, 0.2) is 18.2 Å². The molecule has 0 aromatic heterocycles. The molecule has 0 atom stereocenters. The molecule has 1 aromatic rings. The third-order valence-corrected chi connectivity index (χ3v) is 3.76. The van der Waals surface area contributed by atoms with Crippen molar-refractivity contribution in [3.63, 3.8) is 0 Å². The van der Waals surface area contributed by atoms with Crippen molar-refractivity contribution in [1.82, 2.24) is 5.32 Å². The summed E-state index contributed by atoms with van der Waals surface area (Å²) in [4.78, 5) is 0. The Morgan fingerprint density at radius 3 is 2.48 bits per heavy atom. The third kappa shape index (κ3) is 8.33. The van der Waals surface area contributed by atoms with E-state index in [-0.39, 0.29) is 5.54 Å². The van der Waals surface area contributed by atoms with Crippen molar-refractivity contribution in [1.29, 1.82) is 0 Å². The van der Waals surface area contributed by atoms with E-state index in [1.165, 1.54) is 19.3 Å².